The number of rotatable bonds is 9. The Balaban J connectivity index is 1.38. The third-order valence-corrected chi connectivity index (χ3v) is 10.5. The summed E-state index contributed by atoms with van der Waals surface area (Å²) in [6.07, 6.45) is 2.53. The van der Waals surface area contributed by atoms with Crippen molar-refractivity contribution in [1.82, 2.24) is 5.32 Å². The molecule has 0 radical (unpaired) electrons. The molecule has 40 heavy (non-hydrogen) atoms. The highest BCUT2D eigenvalue weighted by Gasteiger charge is 2.68. The second-order valence-electron chi connectivity index (χ2n) is 12.7. The number of aliphatic hydroxyl groups excluding tert-OH is 2. The van der Waals surface area contributed by atoms with Crippen molar-refractivity contribution in [3.8, 4) is 0 Å². The van der Waals surface area contributed by atoms with E-state index in [0.717, 1.165) is 18.4 Å². The van der Waals surface area contributed by atoms with Gasteiger partial charge in [-0.05, 0) is 74.7 Å². The molecule has 3 saturated carbocycles. The van der Waals surface area contributed by atoms with E-state index in [-0.39, 0.29) is 41.8 Å². The van der Waals surface area contributed by atoms with Crippen LogP contribution in [0.5, 0.6) is 0 Å². The van der Waals surface area contributed by atoms with Crippen molar-refractivity contribution >= 4 is 29.4 Å². The number of aliphatic carboxylic acids is 1. The predicted octanol–water partition coefficient (Wildman–Crippen LogP) is 1.06. The van der Waals surface area contributed by atoms with Crippen molar-refractivity contribution in [2.75, 3.05) is 6.61 Å². The SMILES string of the molecule is C[C@H](O)[C@H](NC(=O)CCC(=O)OCC(=O)[C@@]1(O)CC[C@@H]2[C@@H]3CCC4=CC(=O)CC[C@]4(C)[C@H]3[C@H](O)C[C@@]21C)C(=O)O. The predicted molar refractivity (Wildman–Crippen MR) is 139 cm³/mol. The molecule has 1 amide bonds. The molecule has 9 atom stereocenters. The van der Waals surface area contributed by atoms with Gasteiger partial charge < -0.3 is 30.5 Å². The summed E-state index contributed by atoms with van der Waals surface area (Å²) >= 11 is 0. The Hall–Kier alpha value is -2.63. The Labute approximate surface area is 233 Å². The van der Waals surface area contributed by atoms with Gasteiger partial charge in [0.05, 0.1) is 18.6 Å². The molecule has 4 aliphatic carbocycles. The van der Waals surface area contributed by atoms with Crippen LogP contribution in [0.15, 0.2) is 11.6 Å². The molecule has 11 heteroatoms. The summed E-state index contributed by atoms with van der Waals surface area (Å²) in [6, 6.07) is -1.52. The topological polar surface area (TPSA) is 188 Å². The Morgan fingerprint density at radius 3 is 2.48 bits per heavy atom. The highest BCUT2D eigenvalue weighted by Crippen LogP contribution is 2.67. The molecule has 4 rings (SSSR count). The number of esters is 1. The monoisotopic (exact) mass is 563 g/mol. The average Bonchev–Trinajstić information content (AvgIpc) is 3.15. The van der Waals surface area contributed by atoms with Gasteiger partial charge in [0.2, 0.25) is 11.7 Å². The summed E-state index contributed by atoms with van der Waals surface area (Å²) < 4.78 is 5.09. The van der Waals surface area contributed by atoms with E-state index in [0.29, 0.717) is 19.3 Å². The smallest absolute Gasteiger partial charge is 0.328 e. The van der Waals surface area contributed by atoms with E-state index >= 15 is 0 Å². The maximum atomic E-state index is 13.3. The Morgan fingerprint density at radius 1 is 1.12 bits per heavy atom. The van der Waals surface area contributed by atoms with Gasteiger partial charge in [-0.25, -0.2) is 4.79 Å². The molecule has 0 aliphatic heterocycles. The lowest BCUT2D eigenvalue weighted by molar-refractivity contribution is -0.184. The van der Waals surface area contributed by atoms with Crippen molar-refractivity contribution in [1.29, 1.82) is 0 Å². The third kappa shape index (κ3) is 5.12. The molecule has 0 aromatic carbocycles. The molecule has 0 spiro atoms. The van der Waals surface area contributed by atoms with E-state index in [2.05, 4.69) is 12.2 Å². The number of ketones is 2. The van der Waals surface area contributed by atoms with Crippen molar-refractivity contribution in [3.05, 3.63) is 11.6 Å². The van der Waals surface area contributed by atoms with E-state index in [9.17, 15) is 39.3 Å². The van der Waals surface area contributed by atoms with E-state index in [1.54, 1.807) is 6.08 Å². The van der Waals surface area contributed by atoms with Crippen LogP contribution < -0.4 is 5.32 Å². The first kappa shape index (κ1) is 30.3. The summed E-state index contributed by atoms with van der Waals surface area (Å²) in [6.45, 7) is 4.51. The zero-order valence-electron chi connectivity index (χ0n) is 23.4. The first-order chi connectivity index (χ1) is 18.6. The van der Waals surface area contributed by atoms with Crippen LogP contribution in [-0.2, 0) is 28.7 Å². The highest BCUT2D eigenvalue weighted by atomic mass is 16.5. The van der Waals surface area contributed by atoms with Gasteiger partial charge in [-0.3, -0.25) is 19.2 Å². The number of hydrogen-bond acceptors (Lipinski definition) is 9. The van der Waals surface area contributed by atoms with E-state index in [4.69, 9.17) is 9.84 Å². The molecule has 11 nitrogen and oxygen atoms in total. The summed E-state index contributed by atoms with van der Waals surface area (Å²) in [5, 5.41) is 43.8. The number of fused-ring (bicyclic) bond motifs is 5. The number of aliphatic hydroxyl groups is 3. The van der Waals surface area contributed by atoms with Gasteiger partial charge in [-0.1, -0.05) is 19.4 Å². The number of carbonyl (C=O) groups excluding carboxylic acids is 4. The fourth-order valence-corrected chi connectivity index (χ4v) is 8.34. The molecule has 3 fully saturated rings. The molecule has 222 valence electrons. The van der Waals surface area contributed by atoms with Gasteiger partial charge in [0.25, 0.3) is 0 Å². The van der Waals surface area contributed by atoms with E-state index in [1.807, 2.05) is 6.92 Å². The molecule has 4 aliphatic rings. The van der Waals surface area contributed by atoms with Crippen molar-refractivity contribution in [2.24, 2.45) is 28.6 Å². The highest BCUT2D eigenvalue weighted by molar-refractivity contribution is 5.92. The lowest BCUT2D eigenvalue weighted by Gasteiger charge is -2.60. The maximum absolute atomic E-state index is 13.3. The molecule has 0 heterocycles. The fourth-order valence-electron chi connectivity index (χ4n) is 8.34. The van der Waals surface area contributed by atoms with Crippen molar-refractivity contribution < 1.29 is 49.1 Å². The first-order valence-corrected chi connectivity index (χ1v) is 14.2. The molecule has 0 saturated heterocycles. The Bertz CT molecular complexity index is 1120. The number of carboxylic acid groups (broad SMARTS) is 1. The molecule has 5 N–H and O–H groups in total. The van der Waals surface area contributed by atoms with Gasteiger partial charge in [-0.15, -0.1) is 0 Å². The van der Waals surface area contributed by atoms with Gasteiger partial charge in [0.15, 0.2) is 18.4 Å². The largest absolute Gasteiger partial charge is 0.480 e. The zero-order valence-corrected chi connectivity index (χ0v) is 23.4. The van der Waals surface area contributed by atoms with Crippen LogP contribution in [0, 0.1) is 28.6 Å². The summed E-state index contributed by atoms with van der Waals surface area (Å²) in [5.74, 6) is -3.55. The number of Topliss-reactive ketones (excluding diaryl/α,β-unsaturated/α-hetero) is 1. The molecular formula is C29H41NO10. The number of carboxylic acids is 1. The fraction of sp³-hybridized carbons (Fsp3) is 0.759. The van der Waals surface area contributed by atoms with Gasteiger partial charge in [-0.2, -0.15) is 0 Å². The van der Waals surface area contributed by atoms with E-state index in [1.165, 1.54) is 6.92 Å². The number of carbonyl (C=O) groups is 5. The van der Waals surface area contributed by atoms with Crippen LogP contribution in [-0.4, -0.2) is 80.3 Å². The molecule has 0 bridgehead atoms. The van der Waals surface area contributed by atoms with Crippen LogP contribution in [0.4, 0.5) is 0 Å². The van der Waals surface area contributed by atoms with E-state index < -0.39 is 72.3 Å². The summed E-state index contributed by atoms with van der Waals surface area (Å²) in [4.78, 5) is 60.8. The molecule has 0 aromatic heterocycles. The van der Waals surface area contributed by atoms with Crippen LogP contribution in [0.25, 0.3) is 0 Å². The number of hydrogen-bond donors (Lipinski definition) is 5. The molecule has 0 aromatic rings. The normalized spacial score (nSPS) is 38.1. The van der Waals surface area contributed by atoms with Gasteiger partial charge in [0, 0.05) is 18.3 Å². The number of ether oxygens (including phenoxy) is 1. The molecule has 0 unspecified atom stereocenters. The quantitative estimate of drug-likeness (QED) is 0.254. The zero-order chi connectivity index (χ0) is 29.6. The molecular weight excluding hydrogens is 522 g/mol. The Morgan fingerprint density at radius 2 is 1.82 bits per heavy atom. The standard InChI is InChI=1S/C29H41NO10/c1-15(31)25(26(37)38)30-22(35)6-7-23(36)40-14-21(34)29(39)11-9-19-18-5-4-16-12-17(32)8-10-27(16,2)24(18)20(33)13-28(19,29)3/h12,15,18-20,24-25,31,33,39H,4-11,13-14H2,1-3H3,(H,30,35)(H,37,38)/t15-,18-,19+,20+,24+,25-,27-,28-,29-/m0/s1. The van der Waals surface area contributed by atoms with Crippen molar-refractivity contribution in [3.63, 3.8) is 0 Å². The van der Waals surface area contributed by atoms with Crippen LogP contribution >= 0.6 is 0 Å². The number of amides is 1. The van der Waals surface area contributed by atoms with Crippen LogP contribution in [0.1, 0.15) is 78.6 Å². The lowest BCUT2D eigenvalue weighted by atomic mass is 9.45. The second-order valence-corrected chi connectivity index (χ2v) is 12.7. The first-order valence-electron chi connectivity index (χ1n) is 14.2. The lowest BCUT2D eigenvalue weighted by Crippen LogP contribution is -2.62. The third-order valence-electron chi connectivity index (χ3n) is 10.5. The minimum atomic E-state index is -1.78. The number of allylic oxidation sites excluding steroid dienone is 1. The maximum Gasteiger partial charge on any atom is 0.328 e. The minimum absolute atomic E-state index is 0.0126. The number of nitrogens with one attached hydrogen (secondary N) is 1. The van der Waals surface area contributed by atoms with Gasteiger partial charge >= 0.3 is 11.9 Å². The van der Waals surface area contributed by atoms with Crippen LogP contribution in [0.3, 0.4) is 0 Å². The minimum Gasteiger partial charge on any atom is -0.480 e. The van der Waals surface area contributed by atoms with Gasteiger partial charge in [0.1, 0.15) is 5.60 Å². The summed E-state index contributed by atoms with van der Waals surface area (Å²) in [5.41, 5.74) is -1.88. The summed E-state index contributed by atoms with van der Waals surface area (Å²) in [7, 11) is 0. The van der Waals surface area contributed by atoms with Crippen LogP contribution in [0.2, 0.25) is 0 Å². The second kappa shape index (κ2) is 11.0. The average molecular weight is 564 g/mol. The van der Waals surface area contributed by atoms with Crippen molar-refractivity contribution in [2.45, 2.75) is 102 Å². The Kier molecular flexibility index (Phi) is 8.33.